The van der Waals surface area contributed by atoms with Crippen LogP contribution in [0.15, 0.2) is 36.4 Å². The number of carbonyl (C=O) groups is 1. The number of rotatable bonds is 11. The van der Waals surface area contributed by atoms with Crippen molar-refractivity contribution in [2.45, 2.75) is 78.9 Å². The molecule has 0 saturated carbocycles. The molecule has 6 heteroatoms. The molecule has 2 aromatic carbocycles. The minimum atomic E-state index is -0.823. The predicted octanol–water partition coefficient (Wildman–Crippen LogP) is 5.83. The summed E-state index contributed by atoms with van der Waals surface area (Å²) in [7, 11) is 0. The minimum absolute atomic E-state index is 0.0572. The molecule has 0 spiro atoms. The summed E-state index contributed by atoms with van der Waals surface area (Å²) < 4.78 is 27.3. The maximum atomic E-state index is 13.7. The van der Waals surface area contributed by atoms with Crippen LogP contribution >= 0.6 is 0 Å². The predicted molar refractivity (Wildman–Crippen MR) is 142 cm³/mol. The van der Waals surface area contributed by atoms with Crippen LogP contribution in [0.1, 0.15) is 70.1 Å². The summed E-state index contributed by atoms with van der Waals surface area (Å²) in [4.78, 5) is 14.3. The molecule has 1 saturated heterocycles. The molecule has 0 aromatic heterocycles. The molecule has 0 bridgehead atoms. The highest BCUT2D eigenvalue weighted by molar-refractivity contribution is 5.75. The lowest BCUT2D eigenvalue weighted by atomic mass is 9.87. The molecule has 4 nitrogen and oxygen atoms in total. The van der Waals surface area contributed by atoms with Gasteiger partial charge in [0.1, 0.15) is 17.4 Å². The molecular weight excluding hydrogens is 458 g/mol. The lowest BCUT2D eigenvalue weighted by molar-refractivity contribution is -0.118. The van der Waals surface area contributed by atoms with E-state index in [4.69, 9.17) is 0 Å². The van der Waals surface area contributed by atoms with Crippen LogP contribution in [0.5, 0.6) is 0 Å². The van der Waals surface area contributed by atoms with Crippen molar-refractivity contribution in [1.29, 1.82) is 0 Å². The summed E-state index contributed by atoms with van der Waals surface area (Å²) in [6, 6.07) is 10.1. The first kappa shape index (κ1) is 28.3. The van der Waals surface area contributed by atoms with E-state index >= 15 is 0 Å². The third kappa shape index (κ3) is 8.97. The molecule has 2 atom stereocenters. The molecule has 1 heterocycles. The van der Waals surface area contributed by atoms with Crippen LogP contribution in [0.25, 0.3) is 0 Å². The van der Waals surface area contributed by atoms with Crippen molar-refractivity contribution in [3.63, 3.8) is 0 Å². The number of hydrogen-bond acceptors (Lipinski definition) is 4. The number of Topliss-reactive ketones (excluding diaryl/α,β-unsaturated/α-hetero) is 1. The van der Waals surface area contributed by atoms with Gasteiger partial charge >= 0.3 is 0 Å². The second kappa shape index (κ2) is 12.8. The third-order valence-corrected chi connectivity index (χ3v) is 6.76. The molecule has 1 fully saturated rings. The molecule has 0 radical (unpaired) electrons. The number of benzene rings is 2. The van der Waals surface area contributed by atoms with Crippen molar-refractivity contribution in [3.05, 3.63) is 64.7 Å². The molecule has 0 aliphatic carbocycles. The Labute approximate surface area is 215 Å². The van der Waals surface area contributed by atoms with Gasteiger partial charge in [0.2, 0.25) is 0 Å². The summed E-state index contributed by atoms with van der Waals surface area (Å²) in [6.07, 6.45) is 4.21. The van der Waals surface area contributed by atoms with Crippen LogP contribution in [0.2, 0.25) is 0 Å². The van der Waals surface area contributed by atoms with Crippen molar-refractivity contribution in [2.75, 3.05) is 24.5 Å². The zero-order chi connectivity index (χ0) is 26.3. The first-order valence-corrected chi connectivity index (χ1v) is 13.2. The molecule has 1 aliphatic rings. The Hall–Kier alpha value is -2.31. The van der Waals surface area contributed by atoms with E-state index in [2.05, 4.69) is 49.2 Å². The van der Waals surface area contributed by atoms with Gasteiger partial charge < -0.3 is 20.1 Å². The fraction of sp³-hybridized carbons (Fsp3) is 0.567. The molecule has 198 valence electrons. The maximum Gasteiger partial charge on any atom is 0.130 e. The quantitative estimate of drug-likeness (QED) is 0.408. The van der Waals surface area contributed by atoms with Gasteiger partial charge in [0, 0.05) is 44.4 Å². The number of halogens is 2. The molecule has 0 amide bonds. The molecule has 3 rings (SSSR count). The monoisotopic (exact) mass is 500 g/mol. The summed E-state index contributed by atoms with van der Waals surface area (Å²) in [6.45, 7) is 11.2. The molecule has 2 N–H and O–H groups in total. The summed E-state index contributed by atoms with van der Waals surface area (Å²) >= 11 is 0. The van der Waals surface area contributed by atoms with Gasteiger partial charge in [-0.15, -0.1) is 0 Å². The fourth-order valence-corrected chi connectivity index (χ4v) is 5.21. The van der Waals surface area contributed by atoms with Gasteiger partial charge in [0.05, 0.1) is 6.10 Å². The van der Waals surface area contributed by atoms with E-state index in [1.807, 2.05) is 0 Å². The normalized spacial score (nSPS) is 16.1. The van der Waals surface area contributed by atoms with Crippen LogP contribution in [-0.4, -0.2) is 36.6 Å². The largest absolute Gasteiger partial charge is 0.391 e. The Bertz CT molecular complexity index is 992. The van der Waals surface area contributed by atoms with Gasteiger partial charge in [0.25, 0.3) is 0 Å². The lowest BCUT2D eigenvalue weighted by Gasteiger charge is -2.31. The van der Waals surface area contributed by atoms with Crippen LogP contribution in [-0.2, 0) is 24.2 Å². The average Bonchev–Trinajstić information content (AvgIpc) is 2.77. The van der Waals surface area contributed by atoms with E-state index in [0.717, 1.165) is 25.6 Å². The van der Waals surface area contributed by atoms with Crippen LogP contribution in [0, 0.1) is 23.0 Å². The van der Waals surface area contributed by atoms with Crippen molar-refractivity contribution in [1.82, 2.24) is 5.32 Å². The standard InChI is InChI=1S/C30H42F2N2O2/c1-21(35)12-24(14-23-15-26(31)17-27(32)16-23)29(36)20-33-19-25-13-22(18-30(2,3)4)8-9-28(25)34-10-6-5-7-11-34/h8-9,13,15-17,24,29,33,36H,5-7,10-12,14,18-20H2,1-4H3. The summed E-state index contributed by atoms with van der Waals surface area (Å²) in [5.41, 5.74) is 4.37. The van der Waals surface area contributed by atoms with Crippen LogP contribution < -0.4 is 10.2 Å². The van der Waals surface area contributed by atoms with E-state index in [1.165, 1.54) is 55.1 Å². The SMILES string of the molecule is CC(=O)CC(Cc1cc(F)cc(F)c1)C(O)CNCc1cc(CC(C)(C)C)ccc1N1CCCCC1. The highest BCUT2D eigenvalue weighted by atomic mass is 19.1. The third-order valence-electron chi connectivity index (χ3n) is 6.76. The Kier molecular flexibility index (Phi) is 10.0. The number of anilines is 1. The Morgan fingerprint density at radius 2 is 1.69 bits per heavy atom. The smallest absolute Gasteiger partial charge is 0.130 e. The van der Waals surface area contributed by atoms with Crippen molar-refractivity contribution >= 4 is 11.5 Å². The number of ketones is 1. The average molecular weight is 501 g/mol. The van der Waals surface area contributed by atoms with E-state index in [-0.39, 0.29) is 24.0 Å². The molecule has 36 heavy (non-hydrogen) atoms. The van der Waals surface area contributed by atoms with Gasteiger partial charge in [-0.05, 0) is 85.3 Å². The zero-order valence-corrected chi connectivity index (χ0v) is 22.2. The topological polar surface area (TPSA) is 52.6 Å². The van der Waals surface area contributed by atoms with Crippen molar-refractivity contribution < 1.29 is 18.7 Å². The Balaban J connectivity index is 1.71. The van der Waals surface area contributed by atoms with Gasteiger partial charge in [-0.3, -0.25) is 0 Å². The number of carbonyl (C=O) groups excluding carboxylic acids is 1. The van der Waals surface area contributed by atoms with Crippen molar-refractivity contribution in [3.8, 4) is 0 Å². The van der Waals surface area contributed by atoms with Crippen molar-refractivity contribution in [2.24, 2.45) is 11.3 Å². The second-order valence-electron chi connectivity index (χ2n) is 11.6. The van der Waals surface area contributed by atoms with Gasteiger partial charge in [-0.2, -0.15) is 0 Å². The summed E-state index contributed by atoms with van der Waals surface area (Å²) in [5, 5.41) is 14.3. The van der Waals surface area contributed by atoms with Crippen LogP contribution in [0.4, 0.5) is 14.5 Å². The number of aliphatic hydroxyl groups excluding tert-OH is 1. The number of aliphatic hydroxyl groups is 1. The van der Waals surface area contributed by atoms with E-state index < -0.39 is 23.7 Å². The second-order valence-corrected chi connectivity index (χ2v) is 11.6. The van der Waals surface area contributed by atoms with Gasteiger partial charge in [-0.25, -0.2) is 8.78 Å². The number of nitrogens with zero attached hydrogens (tertiary/aromatic N) is 1. The van der Waals surface area contributed by atoms with E-state index in [1.54, 1.807) is 0 Å². The zero-order valence-electron chi connectivity index (χ0n) is 22.2. The molecule has 2 unspecified atom stereocenters. The minimum Gasteiger partial charge on any atom is -0.391 e. The summed E-state index contributed by atoms with van der Waals surface area (Å²) in [5.74, 6) is -1.79. The van der Waals surface area contributed by atoms with Gasteiger partial charge in [-0.1, -0.05) is 32.9 Å². The maximum absolute atomic E-state index is 13.7. The number of nitrogens with one attached hydrogen (secondary N) is 1. The first-order chi connectivity index (χ1) is 17.0. The number of piperidine rings is 1. The first-order valence-electron chi connectivity index (χ1n) is 13.2. The molecule has 2 aromatic rings. The van der Waals surface area contributed by atoms with E-state index in [0.29, 0.717) is 18.7 Å². The Morgan fingerprint density at radius 1 is 1.03 bits per heavy atom. The lowest BCUT2D eigenvalue weighted by Crippen LogP contribution is -2.35. The molecule has 1 aliphatic heterocycles. The molecular formula is C30H42F2N2O2. The number of hydrogen-bond donors (Lipinski definition) is 2. The van der Waals surface area contributed by atoms with Gasteiger partial charge in [0.15, 0.2) is 0 Å². The fourth-order valence-electron chi connectivity index (χ4n) is 5.21. The highest BCUT2D eigenvalue weighted by Gasteiger charge is 2.23. The highest BCUT2D eigenvalue weighted by Crippen LogP contribution is 2.29. The van der Waals surface area contributed by atoms with Crippen LogP contribution in [0.3, 0.4) is 0 Å². The Morgan fingerprint density at radius 3 is 2.31 bits per heavy atom. The van der Waals surface area contributed by atoms with E-state index in [9.17, 15) is 18.7 Å².